The largest absolute Gasteiger partial charge is 0.436 e. The molecule has 6 heteroatoms. The van der Waals surface area contributed by atoms with Gasteiger partial charge in [-0.3, -0.25) is 4.99 Å². The van der Waals surface area contributed by atoms with Crippen molar-refractivity contribution in [1.29, 1.82) is 0 Å². The Labute approximate surface area is 168 Å². The number of hydrogen-bond acceptors (Lipinski definition) is 3. The highest BCUT2D eigenvalue weighted by atomic mass is 79.9. The lowest BCUT2D eigenvalue weighted by atomic mass is 10.2. The van der Waals surface area contributed by atoms with E-state index in [1.807, 2.05) is 54.6 Å². The number of aromatic nitrogens is 1. The van der Waals surface area contributed by atoms with Crippen LogP contribution < -0.4 is 0 Å². The smallest absolute Gasteiger partial charge is 0.228 e. The lowest BCUT2D eigenvalue weighted by Gasteiger charge is -1.99. The maximum absolute atomic E-state index is 6.19. The molecule has 3 nitrogen and oxygen atoms in total. The first-order chi connectivity index (χ1) is 12.6. The average Bonchev–Trinajstić information content (AvgIpc) is 3.06. The van der Waals surface area contributed by atoms with E-state index in [2.05, 4.69) is 25.9 Å². The minimum absolute atomic E-state index is 0.483. The zero-order valence-corrected chi connectivity index (χ0v) is 16.4. The van der Waals surface area contributed by atoms with Gasteiger partial charge in [-0.2, -0.15) is 0 Å². The average molecular weight is 446 g/mol. The SMILES string of the molecule is Clc1cccc(C=Nc2ccc3oc(-c4ccccc4Br)nc3c2)c1Cl. The second-order valence-corrected chi connectivity index (χ2v) is 7.19. The second kappa shape index (κ2) is 7.23. The predicted molar refractivity (Wildman–Crippen MR) is 111 cm³/mol. The van der Waals surface area contributed by atoms with Crippen LogP contribution in [0.15, 0.2) is 74.5 Å². The van der Waals surface area contributed by atoms with Gasteiger partial charge in [0.15, 0.2) is 5.58 Å². The fourth-order valence-corrected chi connectivity index (χ4v) is 3.32. The van der Waals surface area contributed by atoms with E-state index in [0.717, 1.165) is 26.8 Å². The van der Waals surface area contributed by atoms with E-state index in [9.17, 15) is 0 Å². The van der Waals surface area contributed by atoms with Crippen LogP contribution in [-0.4, -0.2) is 11.2 Å². The third kappa shape index (κ3) is 3.40. The summed E-state index contributed by atoms with van der Waals surface area (Å²) in [5.74, 6) is 0.562. The summed E-state index contributed by atoms with van der Waals surface area (Å²) < 4.78 is 6.79. The van der Waals surface area contributed by atoms with Crippen molar-refractivity contribution in [3.8, 4) is 11.5 Å². The Bertz CT molecular complexity index is 1140. The van der Waals surface area contributed by atoms with Crippen molar-refractivity contribution in [3.63, 3.8) is 0 Å². The number of benzene rings is 3. The van der Waals surface area contributed by atoms with E-state index in [0.29, 0.717) is 21.5 Å². The summed E-state index contributed by atoms with van der Waals surface area (Å²) in [5.41, 5.74) is 3.85. The predicted octanol–water partition coefficient (Wildman–Crippen LogP) is 7.31. The van der Waals surface area contributed by atoms with Crippen LogP contribution in [0.2, 0.25) is 10.0 Å². The Kier molecular flexibility index (Phi) is 4.81. The molecule has 0 aliphatic rings. The van der Waals surface area contributed by atoms with Crippen LogP contribution in [0.1, 0.15) is 5.56 Å². The molecule has 0 spiro atoms. The van der Waals surface area contributed by atoms with Crippen LogP contribution >= 0.6 is 39.1 Å². The van der Waals surface area contributed by atoms with Crippen molar-refractivity contribution < 1.29 is 4.42 Å². The lowest BCUT2D eigenvalue weighted by Crippen LogP contribution is -1.83. The Morgan fingerprint density at radius 1 is 1.00 bits per heavy atom. The molecule has 0 saturated carbocycles. The Morgan fingerprint density at radius 2 is 1.85 bits per heavy atom. The molecule has 26 heavy (non-hydrogen) atoms. The van der Waals surface area contributed by atoms with Gasteiger partial charge in [0.25, 0.3) is 0 Å². The van der Waals surface area contributed by atoms with Gasteiger partial charge in [0.1, 0.15) is 5.52 Å². The van der Waals surface area contributed by atoms with Crippen molar-refractivity contribution in [2.24, 2.45) is 4.99 Å². The maximum atomic E-state index is 6.19. The van der Waals surface area contributed by atoms with Crippen LogP contribution in [0.25, 0.3) is 22.6 Å². The summed E-state index contributed by atoms with van der Waals surface area (Å²) in [5, 5.41) is 0.984. The highest BCUT2D eigenvalue weighted by Crippen LogP contribution is 2.31. The summed E-state index contributed by atoms with van der Waals surface area (Å²) in [4.78, 5) is 9.04. The molecule has 0 saturated heterocycles. The van der Waals surface area contributed by atoms with Gasteiger partial charge in [0.05, 0.1) is 21.3 Å². The molecule has 4 aromatic rings. The third-order valence-corrected chi connectivity index (χ3v) is 5.33. The van der Waals surface area contributed by atoms with E-state index in [1.165, 1.54) is 0 Å². The van der Waals surface area contributed by atoms with Crippen LogP contribution in [-0.2, 0) is 0 Å². The number of oxazole rings is 1. The number of fused-ring (bicyclic) bond motifs is 1. The molecule has 1 heterocycles. The molecule has 0 aliphatic heterocycles. The van der Waals surface area contributed by atoms with Gasteiger partial charge in [-0.25, -0.2) is 4.98 Å². The van der Waals surface area contributed by atoms with Crippen molar-refractivity contribution in [3.05, 3.63) is 80.7 Å². The number of rotatable bonds is 3. The molecule has 0 fully saturated rings. The Hall–Kier alpha value is -2.14. The molecule has 0 radical (unpaired) electrons. The van der Waals surface area contributed by atoms with Gasteiger partial charge in [-0.15, -0.1) is 0 Å². The van der Waals surface area contributed by atoms with Gasteiger partial charge in [-0.1, -0.05) is 47.5 Å². The molecule has 3 aromatic carbocycles. The molecule has 0 atom stereocenters. The number of halogens is 3. The van der Waals surface area contributed by atoms with Crippen molar-refractivity contribution in [2.75, 3.05) is 0 Å². The highest BCUT2D eigenvalue weighted by Gasteiger charge is 2.11. The molecular formula is C20H11BrCl2N2O. The molecule has 0 amide bonds. The van der Waals surface area contributed by atoms with E-state index in [-0.39, 0.29) is 0 Å². The normalized spacial score (nSPS) is 11.5. The highest BCUT2D eigenvalue weighted by molar-refractivity contribution is 9.10. The number of hydrogen-bond donors (Lipinski definition) is 0. The van der Waals surface area contributed by atoms with Gasteiger partial charge in [0.2, 0.25) is 5.89 Å². The van der Waals surface area contributed by atoms with E-state index in [1.54, 1.807) is 12.3 Å². The standard InChI is InChI=1S/C20H11BrCl2N2O/c21-15-6-2-1-5-14(15)20-25-17-10-13(8-9-18(17)26-20)24-11-12-4-3-7-16(22)19(12)23/h1-11H. The van der Waals surface area contributed by atoms with Gasteiger partial charge in [-0.05, 0) is 52.3 Å². The fraction of sp³-hybridized carbons (Fsp3) is 0. The first kappa shape index (κ1) is 17.3. The summed E-state index contributed by atoms with van der Waals surface area (Å²) in [6, 6.07) is 18.8. The maximum Gasteiger partial charge on any atom is 0.228 e. The van der Waals surface area contributed by atoms with Crippen LogP contribution in [0.3, 0.4) is 0 Å². The lowest BCUT2D eigenvalue weighted by molar-refractivity contribution is 0.619. The molecule has 0 bridgehead atoms. The number of aliphatic imine (C=N–C) groups is 1. The molecule has 1 aromatic heterocycles. The fourth-order valence-electron chi connectivity index (χ4n) is 2.51. The second-order valence-electron chi connectivity index (χ2n) is 5.55. The van der Waals surface area contributed by atoms with Crippen LogP contribution in [0.4, 0.5) is 5.69 Å². The minimum Gasteiger partial charge on any atom is -0.436 e. The van der Waals surface area contributed by atoms with Crippen molar-refractivity contribution >= 4 is 62.1 Å². The summed E-state index contributed by atoms with van der Waals surface area (Å²) in [6.07, 6.45) is 1.68. The quantitative estimate of drug-likeness (QED) is 0.310. The van der Waals surface area contributed by atoms with Gasteiger partial charge >= 0.3 is 0 Å². The third-order valence-electron chi connectivity index (χ3n) is 3.81. The molecule has 0 N–H and O–H groups in total. The van der Waals surface area contributed by atoms with Gasteiger partial charge < -0.3 is 4.42 Å². The van der Waals surface area contributed by atoms with Crippen molar-refractivity contribution in [2.45, 2.75) is 0 Å². The minimum atomic E-state index is 0.483. The first-order valence-electron chi connectivity index (χ1n) is 7.75. The van der Waals surface area contributed by atoms with Gasteiger partial charge in [0, 0.05) is 16.3 Å². The molecule has 4 rings (SSSR count). The zero-order valence-electron chi connectivity index (χ0n) is 13.3. The molecular weight excluding hydrogens is 435 g/mol. The van der Waals surface area contributed by atoms with E-state index >= 15 is 0 Å². The van der Waals surface area contributed by atoms with Crippen molar-refractivity contribution in [1.82, 2.24) is 4.98 Å². The molecule has 0 aliphatic carbocycles. The number of nitrogens with zero attached hydrogens (tertiary/aromatic N) is 2. The van der Waals surface area contributed by atoms with E-state index in [4.69, 9.17) is 27.6 Å². The van der Waals surface area contributed by atoms with E-state index < -0.39 is 0 Å². The Balaban J connectivity index is 1.69. The monoisotopic (exact) mass is 444 g/mol. The summed E-state index contributed by atoms with van der Waals surface area (Å²) in [7, 11) is 0. The first-order valence-corrected chi connectivity index (χ1v) is 9.30. The molecule has 128 valence electrons. The Morgan fingerprint density at radius 3 is 2.69 bits per heavy atom. The zero-order chi connectivity index (χ0) is 18.1. The topological polar surface area (TPSA) is 38.4 Å². The summed E-state index contributed by atoms with van der Waals surface area (Å²) in [6.45, 7) is 0. The molecule has 0 unspecified atom stereocenters. The van der Waals surface area contributed by atoms with Crippen LogP contribution in [0, 0.1) is 0 Å². The van der Waals surface area contributed by atoms with Crippen LogP contribution in [0.5, 0.6) is 0 Å². The summed E-state index contributed by atoms with van der Waals surface area (Å²) >= 11 is 15.7.